The fraction of sp³-hybridized carbons (Fsp3) is 0.458. The lowest BCUT2D eigenvalue weighted by molar-refractivity contribution is 0.0698. The Kier molecular flexibility index (Phi) is 7.09. The van der Waals surface area contributed by atoms with Crippen LogP contribution >= 0.6 is 0 Å². The van der Waals surface area contributed by atoms with E-state index in [1.165, 1.54) is 10.4 Å². The molecule has 0 atom stereocenters. The fourth-order valence-corrected chi connectivity index (χ4v) is 5.61. The molecule has 4 rings (SSSR count). The first kappa shape index (κ1) is 23.4. The highest BCUT2D eigenvalue weighted by atomic mass is 32.2. The number of carbonyl (C=O) groups excluding carboxylic acids is 1. The minimum absolute atomic E-state index is 0.0753. The van der Waals surface area contributed by atoms with Crippen LogP contribution in [0.1, 0.15) is 30.6 Å². The highest BCUT2D eigenvalue weighted by Crippen LogP contribution is 2.33. The van der Waals surface area contributed by atoms with Crippen LogP contribution in [-0.2, 0) is 10.0 Å². The number of piperazine rings is 1. The van der Waals surface area contributed by atoms with E-state index in [1.807, 2.05) is 24.3 Å². The molecule has 0 N–H and O–H groups in total. The van der Waals surface area contributed by atoms with Crippen molar-refractivity contribution < 1.29 is 22.7 Å². The highest BCUT2D eigenvalue weighted by Gasteiger charge is 2.31. The zero-order valence-electron chi connectivity index (χ0n) is 19.2. The highest BCUT2D eigenvalue weighted by molar-refractivity contribution is 7.89. The topological polar surface area (TPSA) is 79.4 Å². The molecule has 0 radical (unpaired) electrons. The maximum Gasteiger partial charge on any atom is 0.253 e. The maximum absolute atomic E-state index is 13.2. The van der Waals surface area contributed by atoms with Crippen molar-refractivity contribution in [3.8, 4) is 11.5 Å². The Balaban J connectivity index is 1.41. The number of amides is 1. The van der Waals surface area contributed by atoms with Gasteiger partial charge >= 0.3 is 0 Å². The molecule has 0 saturated carbocycles. The Hall–Kier alpha value is -2.78. The lowest BCUT2D eigenvalue weighted by Gasteiger charge is -2.34. The molecule has 2 aromatic rings. The predicted octanol–water partition coefficient (Wildman–Crippen LogP) is 2.84. The van der Waals surface area contributed by atoms with Crippen LogP contribution in [0.4, 0.5) is 5.69 Å². The van der Waals surface area contributed by atoms with Gasteiger partial charge in [-0.25, -0.2) is 8.42 Å². The number of hydrogen-bond donors (Lipinski definition) is 0. The second-order valence-electron chi connectivity index (χ2n) is 8.07. The van der Waals surface area contributed by atoms with Crippen molar-refractivity contribution in [1.82, 2.24) is 9.21 Å². The van der Waals surface area contributed by atoms with E-state index in [4.69, 9.17) is 9.47 Å². The lowest BCUT2D eigenvalue weighted by atomic mass is 10.1. The molecule has 178 valence electrons. The largest absolute Gasteiger partial charge is 0.490 e. The molecule has 2 aliphatic rings. The summed E-state index contributed by atoms with van der Waals surface area (Å²) >= 11 is 0. The first-order chi connectivity index (χ1) is 15.9. The van der Waals surface area contributed by atoms with Gasteiger partial charge in [0.15, 0.2) is 11.5 Å². The van der Waals surface area contributed by atoms with Crippen LogP contribution in [0, 0.1) is 0 Å². The summed E-state index contributed by atoms with van der Waals surface area (Å²) in [5.41, 5.74) is 1.70. The van der Waals surface area contributed by atoms with Crippen LogP contribution in [0.25, 0.3) is 0 Å². The molecule has 2 aromatic carbocycles. The average Bonchev–Trinajstić information content (AvgIpc) is 3.10. The molecule has 0 aliphatic carbocycles. The van der Waals surface area contributed by atoms with Gasteiger partial charge in [0.25, 0.3) is 5.91 Å². The van der Waals surface area contributed by atoms with Crippen molar-refractivity contribution in [2.24, 2.45) is 0 Å². The minimum atomic E-state index is -3.69. The molecule has 1 fully saturated rings. The van der Waals surface area contributed by atoms with E-state index < -0.39 is 10.0 Å². The van der Waals surface area contributed by atoms with Gasteiger partial charge in [0.05, 0.1) is 18.1 Å². The normalized spacial score (nSPS) is 16.8. The predicted molar refractivity (Wildman–Crippen MR) is 127 cm³/mol. The van der Waals surface area contributed by atoms with Gasteiger partial charge in [-0.2, -0.15) is 4.31 Å². The van der Waals surface area contributed by atoms with Crippen molar-refractivity contribution in [1.29, 1.82) is 0 Å². The van der Waals surface area contributed by atoms with E-state index in [0.29, 0.717) is 43.4 Å². The smallest absolute Gasteiger partial charge is 0.253 e. The van der Waals surface area contributed by atoms with Crippen LogP contribution in [0.3, 0.4) is 0 Å². The van der Waals surface area contributed by atoms with Crippen molar-refractivity contribution in [3.63, 3.8) is 0 Å². The summed E-state index contributed by atoms with van der Waals surface area (Å²) in [5, 5.41) is 0. The molecule has 0 aromatic heterocycles. The van der Waals surface area contributed by atoms with Crippen molar-refractivity contribution in [2.75, 3.05) is 57.4 Å². The maximum atomic E-state index is 13.2. The van der Waals surface area contributed by atoms with E-state index in [2.05, 4.69) is 18.7 Å². The molecule has 0 spiro atoms. The first-order valence-corrected chi connectivity index (χ1v) is 12.9. The molecule has 8 nitrogen and oxygen atoms in total. The summed E-state index contributed by atoms with van der Waals surface area (Å²) in [7, 11) is -3.69. The van der Waals surface area contributed by atoms with Crippen molar-refractivity contribution in [3.05, 3.63) is 48.0 Å². The fourth-order valence-electron chi connectivity index (χ4n) is 4.17. The molecule has 0 unspecified atom stereocenters. The Bertz CT molecular complexity index is 1080. The summed E-state index contributed by atoms with van der Waals surface area (Å²) < 4.78 is 39.0. The number of sulfonamides is 1. The Morgan fingerprint density at radius 1 is 0.909 bits per heavy atom. The van der Waals surface area contributed by atoms with Gasteiger partial charge in [-0.3, -0.25) is 4.79 Å². The van der Waals surface area contributed by atoms with Gasteiger partial charge in [-0.15, -0.1) is 0 Å². The van der Waals surface area contributed by atoms with Gasteiger partial charge in [-0.1, -0.05) is 0 Å². The monoisotopic (exact) mass is 473 g/mol. The standard InChI is InChI=1S/C24H31N3O5S/c1-3-25(4-2)20-8-6-19(7-9-20)24(28)26-12-14-27(15-13-26)33(29,30)21-10-11-22-23(18-21)32-17-5-16-31-22/h6-11,18H,3-5,12-17H2,1-2H3. The number of anilines is 1. The number of nitrogens with zero attached hydrogens (tertiary/aromatic N) is 3. The minimum Gasteiger partial charge on any atom is -0.490 e. The number of ether oxygens (including phenoxy) is 2. The Morgan fingerprint density at radius 3 is 2.18 bits per heavy atom. The first-order valence-electron chi connectivity index (χ1n) is 11.5. The zero-order chi connectivity index (χ0) is 23.4. The molecule has 1 amide bonds. The molecule has 1 saturated heterocycles. The third-order valence-electron chi connectivity index (χ3n) is 6.13. The molecule has 33 heavy (non-hydrogen) atoms. The Morgan fingerprint density at radius 2 is 1.55 bits per heavy atom. The van der Waals surface area contributed by atoms with E-state index >= 15 is 0 Å². The number of carbonyl (C=O) groups is 1. The van der Waals surface area contributed by atoms with Crippen molar-refractivity contribution >= 4 is 21.6 Å². The molecule has 2 heterocycles. The van der Waals surface area contributed by atoms with Gasteiger partial charge in [-0.05, 0) is 50.2 Å². The van der Waals surface area contributed by atoms with Crippen LogP contribution in [0.2, 0.25) is 0 Å². The molecule has 0 bridgehead atoms. The lowest BCUT2D eigenvalue weighted by Crippen LogP contribution is -2.50. The van der Waals surface area contributed by atoms with E-state index in [9.17, 15) is 13.2 Å². The van der Waals surface area contributed by atoms with E-state index in [-0.39, 0.29) is 23.9 Å². The Labute approximate surface area is 195 Å². The number of hydrogen-bond acceptors (Lipinski definition) is 6. The molecule has 2 aliphatic heterocycles. The second-order valence-corrected chi connectivity index (χ2v) is 10.0. The van der Waals surface area contributed by atoms with Gasteiger partial charge in [0.2, 0.25) is 10.0 Å². The van der Waals surface area contributed by atoms with Gasteiger partial charge < -0.3 is 19.3 Å². The number of rotatable bonds is 6. The summed E-state index contributed by atoms with van der Waals surface area (Å²) in [6.07, 6.45) is 0.755. The third-order valence-corrected chi connectivity index (χ3v) is 8.02. The summed E-state index contributed by atoms with van der Waals surface area (Å²) in [4.78, 5) is 17.1. The molecular weight excluding hydrogens is 442 g/mol. The van der Waals surface area contributed by atoms with Gasteiger partial charge in [0.1, 0.15) is 0 Å². The average molecular weight is 474 g/mol. The quantitative estimate of drug-likeness (QED) is 0.642. The SMILES string of the molecule is CCN(CC)c1ccc(C(=O)N2CCN(S(=O)(=O)c3ccc4c(c3)OCCCO4)CC2)cc1. The van der Waals surface area contributed by atoms with Crippen molar-refractivity contribution in [2.45, 2.75) is 25.2 Å². The van der Waals surface area contributed by atoms with E-state index in [0.717, 1.165) is 25.2 Å². The van der Waals surface area contributed by atoms with Crippen LogP contribution in [0.15, 0.2) is 47.4 Å². The second kappa shape index (κ2) is 10.0. The number of fused-ring (bicyclic) bond motifs is 1. The summed E-state index contributed by atoms with van der Waals surface area (Å²) in [6, 6.07) is 12.3. The summed E-state index contributed by atoms with van der Waals surface area (Å²) in [5.74, 6) is 0.943. The number of benzene rings is 2. The van der Waals surface area contributed by atoms with Crippen LogP contribution in [0.5, 0.6) is 11.5 Å². The third kappa shape index (κ3) is 4.94. The van der Waals surface area contributed by atoms with Gasteiger partial charge in [0, 0.05) is 63.0 Å². The molecule has 9 heteroatoms. The zero-order valence-corrected chi connectivity index (χ0v) is 20.0. The van der Waals surface area contributed by atoms with E-state index in [1.54, 1.807) is 17.0 Å². The van der Waals surface area contributed by atoms with Crippen LogP contribution in [-0.4, -0.2) is 76.0 Å². The molecular formula is C24H31N3O5S. The van der Waals surface area contributed by atoms with Crippen LogP contribution < -0.4 is 14.4 Å². The summed E-state index contributed by atoms with van der Waals surface area (Å²) in [6.45, 7) is 8.25.